The van der Waals surface area contributed by atoms with Crippen LogP contribution in [0.1, 0.15) is 49.7 Å². The Bertz CT molecular complexity index is 778. The number of nitrogens with one attached hydrogen (secondary N) is 1. The molecule has 0 amide bonds. The van der Waals surface area contributed by atoms with Crippen molar-refractivity contribution in [2.24, 2.45) is 0 Å². The van der Waals surface area contributed by atoms with Crippen molar-refractivity contribution in [3.8, 4) is 17.1 Å². The van der Waals surface area contributed by atoms with Crippen LogP contribution in [0.5, 0.6) is 0 Å². The number of hydrogen-bond donors (Lipinski definition) is 1. The molecule has 0 bridgehead atoms. The van der Waals surface area contributed by atoms with Gasteiger partial charge in [0.25, 0.3) is 0 Å². The summed E-state index contributed by atoms with van der Waals surface area (Å²) in [6, 6.07) is 8.38. The second-order valence-corrected chi connectivity index (χ2v) is 6.28. The van der Waals surface area contributed by atoms with Gasteiger partial charge in [-0.2, -0.15) is 5.10 Å². The number of aromatic nitrogens is 5. The van der Waals surface area contributed by atoms with Crippen molar-refractivity contribution in [3.05, 3.63) is 48.3 Å². The SMILES string of the molecule is Cc1nc(-c2ccc(-n3ccnc3C3CCCCC3)cc2)n[nH]1. The molecular formula is C18H21N5. The molecule has 0 atom stereocenters. The van der Waals surface area contributed by atoms with Gasteiger partial charge < -0.3 is 4.57 Å². The standard InChI is InChI=1S/C18H21N5/c1-13-20-17(22-21-13)14-7-9-16(10-8-14)23-12-11-19-18(23)15-5-3-2-4-6-15/h7-12,15H,2-6H2,1H3,(H,20,21,22). The Morgan fingerprint density at radius 2 is 1.87 bits per heavy atom. The molecule has 23 heavy (non-hydrogen) atoms. The molecule has 1 aromatic carbocycles. The summed E-state index contributed by atoms with van der Waals surface area (Å²) in [4.78, 5) is 9.01. The topological polar surface area (TPSA) is 59.4 Å². The molecule has 0 aliphatic heterocycles. The van der Waals surface area contributed by atoms with Gasteiger partial charge in [0.2, 0.25) is 0 Å². The molecule has 2 aromatic heterocycles. The van der Waals surface area contributed by atoms with Crippen LogP contribution >= 0.6 is 0 Å². The molecule has 1 aliphatic rings. The van der Waals surface area contributed by atoms with Crippen molar-refractivity contribution in [1.29, 1.82) is 0 Å². The summed E-state index contributed by atoms with van der Waals surface area (Å²) in [6.45, 7) is 1.91. The minimum atomic E-state index is 0.592. The Hall–Kier alpha value is -2.43. The third-order valence-corrected chi connectivity index (χ3v) is 4.64. The van der Waals surface area contributed by atoms with Gasteiger partial charge in [-0.15, -0.1) is 0 Å². The molecule has 0 spiro atoms. The van der Waals surface area contributed by atoms with Gasteiger partial charge in [-0.05, 0) is 44.0 Å². The molecule has 1 N–H and O–H groups in total. The molecule has 0 radical (unpaired) electrons. The van der Waals surface area contributed by atoms with Crippen molar-refractivity contribution in [2.45, 2.75) is 44.9 Å². The lowest BCUT2D eigenvalue weighted by Gasteiger charge is -2.22. The Kier molecular flexibility index (Phi) is 3.69. The number of hydrogen-bond acceptors (Lipinski definition) is 3. The summed E-state index contributed by atoms with van der Waals surface area (Å²) in [7, 11) is 0. The zero-order chi connectivity index (χ0) is 15.6. The fourth-order valence-corrected chi connectivity index (χ4v) is 3.44. The number of aromatic amines is 1. The van der Waals surface area contributed by atoms with Crippen LogP contribution in [0.2, 0.25) is 0 Å². The Labute approximate surface area is 135 Å². The van der Waals surface area contributed by atoms with E-state index in [4.69, 9.17) is 0 Å². The third kappa shape index (κ3) is 2.79. The first-order valence-corrected chi connectivity index (χ1v) is 8.34. The number of imidazole rings is 1. The highest BCUT2D eigenvalue weighted by molar-refractivity contribution is 5.57. The highest BCUT2D eigenvalue weighted by Crippen LogP contribution is 2.32. The van der Waals surface area contributed by atoms with Crippen LogP contribution in [0.3, 0.4) is 0 Å². The van der Waals surface area contributed by atoms with E-state index >= 15 is 0 Å². The molecular weight excluding hydrogens is 286 g/mol. The highest BCUT2D eigenvalue weighted by Gasteiger charge is 2.20. The van der Waals surface area contributed by atoms with Gasteiger partial charge in [-0.3, -0.25) is 5.10 Å². The molecule has 0 saturated heterocycles. The number of aryl methyl sites for hydroxylation is 1. The third-order valence-electron chi connectivity index (χ3n) is 4.64. The van der Waals surface area contributed by atoms with E-state index in [0.717, 1.165) is 22.9 Å². The summed E-state index contributed by atoms with van der Waals surface area (Å²) in [5.74, 6) is 3.37. The molecule has 4 rings (SSSR count). The van der Waals surface area contributed by atoms with Crippen molar-refractivity contribution >= 4 is 0 Å². The number of rotatable bonds is 3. The predicted molar refractivity (Wildman–Crippen MR) is 89.5 cm³/mol. The van der Waals surface area contributed by atoms with E-state index in [1.54, 1.807) is 0 Å². The van der Waals surface area contributed by atoms with E-state index in [-0.39, 0.29) is 0 Å². The molecule has 1 fully saturated rings. The maximum atomic E-state index is 4.63. The van der Waals surface area contributed by atoms with Crippen LogP contribution in [0.15, 0.2) is 36.7 Å². The molecule has 2 heterocycles. The summed E-state index contributed by atoms with van der Waals surface area (Å²) in [6.07, 6.45) is 10.5. The molecule has 0 unspecified atom stereocenters. The largest absolute Gasteiger partial charge is 0.304 e. The van der Waals surface area contributed by atoms with E-state index < -0.39 is 0 Å². The first-order chi connectivity index (χ1) is 11.3. The molecule has 5 heteroatoms. The Balaban J connectivity index is 1.62. The normalized spacial score (nSPS) is 15.9. The lowest BCUT2D eigenvalue weighted by Crippen LogP contribution is -2.10. The van der Waals surface area contributed by atoms with E-state index in [2.05, 4.69) is 55.2 Å². The molecule has 118 valence electrons. The molecule has 3 aromatic rings. The smallest absolute Gasteiger partial charge is 0.181 e. The molecule has 1 aliphatic carbocycles. The van der Waals surface area contributed by atoms with Gasteiger partial charge in [-0.25, -0.2) is 9.97 Å². The van der Waals surface area contributed by atoms with E-state index in [0.29, 0.717) is 5.92 Å². The highest BCUT2D eigenvalue weighted by atomic mass is 15.2. The van der Waals surface area contributed by atoms with Gasteiger partial charge in [-0.1, -0.05) is 19.3 Å². The quantitative estimate of drug-likeness (QED) is 0.795. The van der Waals surface area contributed by atoms with Crippen LogP contribution in [-0.2, 0) is 0 Å². The van der Waals surface area contributed by atoms with Crippen LogP contribution in [-0.4, -0.2) is 24.7 Å². The van der Waals surface area contributed by atoms with Crippen LogP contribution in [0.25, 0.3) is 17.1 Å². The summed E-state index contributed by atoms with van der Waals surface area (Å²) in [5.41, 5.74) is 2.18. The van der Waals surface area contributed by atoms with Gasteiger partial charge in [0, 0.05) is 29.6 Å². The van der Waals surface area contributed by atoms with Crippen molar-refractivity contribution < 1.29 is 0 Å². The maximum absolute atomic E-state index is 4.63. The van der Waals surface area contributed by atoms with E-state index in [1.807, 2.05) is 13.1 Å². The van der Waals surface area contributed by atoms with Gasteiger partial charge in [0.1, 0.15) is 11.6 Å². The van der Waals surface area contributed by atoms with Gasteiger partial charge in [0.15, 0.2) is 5.82 Å². The van der Waals surface area contributed by atoms with Crippen LogP contribution < -0.4 is 0 Å². The zero-order valence-electron chi connectivity index (χ0n) is 13.4. The fourth-order valence-electron chi connectivity index (χ4n) is 3.44. The van der Waals surface area contributed by atoms with Crippen molar-refractivity contribution in [3.63, 3.8) is 0 Å². The average Bonchev–Trinajstić information content (AvgIpc) is 3.25. The number of benzene rings is 1. The maximum Gasteiger partial charge on any atom is 0.181 e. The lowest BCUT2D eigenvalue weighted by atomic mass is 9.88. The van der Waals surface area contributed by atoms with E-state index in [1.165, 1.54) is 37.9 Å². The summed E-state index contributed by atoms with van der Waals surface area (Å²) >= 11 is 0. The zero-order valence-corrected chi connectivity index (χ0v) is 13.4. The average molecular weight is 307 g/mol. The monoisotopic (exact) mass is 307 g/mol. The van der Waals surface area contributed by atoms with Crippen molar-refractivity contribution in [1.82, 2.24) is 24.7 Å². The summed E-state index contributed by atoms with van der Waals surface area (Å²) < 4.78 is 2.23. The number of nitrogens with zero attached hydrogens (tertiary/aromatic N) is 4. The van der Waals surface area contributed by atoms with Gasteiger partial charge >= 0.3 is 0 Å². The Morgan fingerprint density at radius 3 is 2.57 bits per heavy atom. The minimum absolute atomic E-state index is 0.592. The Morgan fingerprint density at radius 1 is 1.09 bits per heavy atom. The molecule has 5 nitrogen and oxygen atoms in total. The minimum Gasteiger partial charge on any atom is -0.304 e. The number of H-pyrrole nitrogens is 1. The first kappa shape index (κ1) is 14.2. The first-order valence-electron chi connectivity index (χ1n) is 8.34. The summed E-state index contributed by atoms with van der Waals surface area (Å²) in [5, 5.41) is 7.10. The molecule has 1 saturated carbocycles. The van der Waals surface area contributed by atoms with Crippen LogP contribution in [0.4, 0.5) is 0 Å². The predicted octanol–water partition coefficient (Wildman–Crippen LogP) is 4.01. The van der Waals surface area contributed by atoms with Crippen LogP contribution in [0, 0.1) is 6.92 Å². The fraction of sp³-hybridized carbons (Fsp3) is 0.389. The van der Waals surface area contributed by atoms with Crippen molar-refractivity contribution in [2.75, 3.05) is 0 Å². The second kappa shape index (κ2) is 5.99. The second-order valence-electron chi connectivity index (χ2n) is 6.28. The van der Waals surface area contributed by atoms with E-state index in [9.17, 15) is 0 Å². The lowest BCUT2D eigenvalue weighted by molar-refractivity contribution is 0.425. The van der Waals surface area contributed by atoms with Gasteiger partial charge in [0.05, 0.1) is 0 Å².